The van der Waals surface area contributed by atoms with Gasteiger partial charge in [0.05, 0.1) is 13.3 Å². The number of ether oxygens (including phenoxy) is 1. The second kappa shape index (κ2) is 6.02. The summed E-state index contributed by atoms with van der Waals surface area (Å²) in [5.41, 5.74) is 1.25. The monoisotopic (exact) mass is 265 g/mol. The summed E-state index contributed by atoms with van der Waals surface area (Å²) in [7, 11) is 3.69. The largest absolute Gasteiger partial charge is 0.496 e. The Morgan fingerprint density at radius 1 is 1.56 bits per heavy atom. The van der Waals surface area contributed by atoms with E-state index in [0.29, 0.717) is 6.04 Å². The van der Waals surface area contributed by atoms with Gasteiger partial charge in [0.25, 0.3) is 0 Å². The summed E-state index contributed by atoms with van der Waals surface area (Å²) in [6.45, 7) is 3.01. The summed E-state index contributed by atoms with van der Waals surface area (Å²) in [6.07, 6.45) is 4.99. The van der Waals surface area contributed by atoms with Crippen molar-refractivity contribution in [1.29, 1.82) is 0 Å². The fourth-order valence-electron chi connectivity index (χ4n) is 1.89. The van der Waals surface area contributed by atoms with Crippen molar-refractivity contribution in [2.75, 3.05) is 14.2 Å². The van der Waals surface area contributed by atoms with Gasteiger partial charge in [-0.2, -0.15) is 5.10 Å². The molecule has 0 aromatic carbocycles. The van der Waals surface area contributed by atoms with Gasteiger partial charge < -0.3 is 10.1 Å². The third kappa shape index (κ3) is 2.91. The van der Waals surface area contributed by atoms with E-state index in [1.54, 1.807) is 18.4 Å². The van der Waals surface area contributed by atoms with Gasteiger partial charge in [0.2, 0.25) is 0 Å². The molecule has 1 atom stereocenters. The van der Waals surface area contributed by atoms with Crippen LogP contribution in [0.5, 0.6) is 5.75 Å². The van der Waals surface area contributed by atoms with E-state index in [0.717, 1.165) is 18.7 Å². The van der Waals surface area contributed by atoms with Crippen molar-refractivity contribution in [3.05, 3.63) is 34.3 Å². The van der Waals surface area contributed by atoms with E-state index in [1.807, 2.05) is 23.3 Å². The lowest BCUT2D eigenvalue weighted by molar-refractivity contribution is 0.416. The summed E-state index contributed by atoms with van der Waals surface area (Å²) >= 11 is 1.72. The molecule has 0 spiro atoms. The maximum absolute atomic E-state index is 5.23. The molecule has 5 heteroatoms. The summed E-state index contributed by atoms with van der Waals surface area (Å²) in [5.74, 6) is 0.930. The number of aryl methyl sites for hydroxylation is 1. The number of likely N-dealkylation sites (N-methyl/N-ethyl adjacent to an activating group) is 1. The molecule has 0 aliphatic heterocycles. The smallest absolute Gasteiger partial charge is 0.129 e. The number of hydrogen-bond donors (Lipinski definition) is 1. The Labute approximate surface area is 112 Å². The molecule has 0 fully saturated rings. The Hall–Kier alpha value is -1.33. The summed E-state index contributed by atoms with van der Waals surface area (Å²) in [5, 5.41) is 9.69. The zero-order chi connectivity index (χ0) is 13.0. The fourth-order valence-corrected chi connectivity index (χ4v) is 2.86. The third-order valence-electron chi connectivity index (χ3n) is 2.97. The van der Waals surface area contributed by atoms with Crippen LogP contribution in [0.4, 0.5) is 0 Å². The SMILES string of the molecule is CCn1cc(CC(NC)c2cc(OC)cs2)cn1. The number of methoxy groups -OCH3 is 1. The second-order valence-corrected chi connectivity index (χ2v) is 5.08. The first-order valence-electron chi connectivity index (χ1n) is 6.07. The van der Waals surface area contributed by atoms with Gasteiger partial charge in [-0.1, -0.05) is 0 Å². The molecule has 0 radical (unpaired) electrons. The second-order valence-electron chi connectivity index (χ2n) is 4.14. The Morgan fingerprint density at radius 3 is 2.94 bits per heavy atom. The van der Waals surface area contributed by atoms with Crippen LogP contribution >= 0.6 is 11.3 Å². The van der Waals surface area contributed by atoms with Crippen LogP contribution < -0.4 is 10.1 Å². The standard InChI is InChI=1S/C13H19N3OS/c1-4-16-8-10(7-15-16)5-12(14-2)13-6-11(17-3)9-18-13/h6-9,12,14H,4-5H2,1-3H3. The van der Waals surface area contributed by atoms with Crippen molar-refractivity contribution in [1.82, 2.24) is 15.1 Å². The van der Waals surface area contributed by atoms with Crippen molar-refractivity contribution < 1.29 is 4.74 Å². The zero-order valence-corrected chi connectivity index (χ0v) is 11.8. The molecule has 2 rings (SSSR count). The van der Waals surface area contributed by atoms with Gasteiger partial charge in [0, 0.05) is 29.0 Å². The van der Waals surface area contributed by atoms with Gasteiger partial charge in [0.15, 0.2) is 0 Å². The number of nitrogens with one attached hydrogen (secondary N) is 1. The molecule has 2 heterocycles. The number of thiophene rings is 1. The molecule has 0 amide bonds. The number of nitrogens with zero attached hydrogens (tertiary/aromatic N) is 2. The van der Waals surface area contributed by atoms with Gasteiger partial charge >= 0.3 is 0 Å². The first-order chi connectivity index (χ1) is 8.76. The molecule has 1 unspecified atom stereocenters. The molecule has 98 valence electrons. The van der Waals surface area contributed by atoms with Crippen LogP contribution in [0, 0.1) is 0 Å². The summed E-state index contributed by atoms with van der Waals surface area (Å²) < 4.78 is 7.18. The van der Waals surface area contributed by atoms with Crippen LogP contribution in [0.25, 0.3) is 0 Å². The van der Waals surface area contributed by atoms with Crippen molar-refractivity contribution in [3.8, 4) is 5.75 Å². The number of rotatable bonds is 6. The van der Waals surface area contributed by atoms with Crippen molar-refractivity contribution in [2.24, 2.45) is 0 Å². The first-order valence-corrected chi connectivity index (χ1v) is 6.95. The molecular formula is C13H19N3OS. The van der Waals surface area contributed by atoms with E-state index in [9.17, 15) is 0 Å². The minimum absolute atomic E-state index is 0.313. The van der Waals surface area contributed by atoms with Crippen LogP contribution in [-0.4, -0.2) is 23.9 Å². The highest BCUT2D eigenvalue weighted by Crippen LogP contribution is 2.28. The Morgan fingerprint density at radius 2 is 2.39 bits per heavy atom. The molecule has 1 N–H and O–H groups in total. The summed E-state index contributed by atoms with van der Waals surface area (Å²) in [6, 6.07) is 2.41. The summed E-state index contributed by atoms with van der Waals surface area (Å²) in [4.78, 5) is 1.29. The van der Waals surface area contributed by atoms with Crippen LogP contribution in [-0.2, 0) is 13.0 Å². The van der Waals surface area contributed by atoms with Crippen molar-refractivity contribution in [3.63, 3.8) is 0 Å². The lowest BCUT2D eigenvalue weighted by atomic mass is 10.1. The van der Waals surface area contributed by atoms with Crippen LogP contribution in [0.15, 0.2) is 23.8 Å². The molecular weight excluding hydrogens is 246 g/mol. The van der Waals surface area contributed by atoms with Crippen LogP contribution in [0.2, 0.25) is 0 Å². The quantitative estimate of drug-likeness (QED) is 0.872. The molecule has 4 nitrogen and oxygen atoms in total. The lowest BCUT2D eigenvalue weighted by Crippen LogP contribution is -2.17. The molecule has 2 aromatic rings. The molecule has 0 saturated carbocycles. The highest BCUT2D eigenvalue weighted by molar-refractivity contribution is 7.10. The Balaban J connectivity index is 2.08. The Bertz CT molecular complexity index is 492. The molecule has 2 aromatic heterocycles. The highest BCUT2D eigenvalue weighted by Gasteiger charge is 2.14. The van der Waals surface area contributed by atoms with Crippen LogP contribution in [0.3, 0.4) is 0 Å². The van der Waals surface area contributed by atoms with E-state index in [2.05, 4.69) is 29.6 Å². The number of aromatic nitrogens is 2. The normalized spacial score (nSPS) is 12.6. The van der Waals surface area contributed by atoms with Gasteiger partial charge in [0.1, 0.15) is 5.75 Å². The average molecular weight is 265 g/mol. The van der Waals surface area contributed by atoms with Crippen molar-refractivity contribution in [2.45, 2.75) is 25.9 Å². The van der Waals surface area contributed by atoms with Crippen LogP contribution in [0.1, 0.15) is 23.4 Å². The van der Waals surface area contributed by atoms with Gasteiger partial charge in [-0.25, -0.2) is 0 Å². The number of hydrogen-bond acceptors (Lipinski definition) is 4. The van der Waals surface area contributed by atoms with E-state index < -0.39 is 0 Å². The zero-order valence-electron chi connectivity index (χ0n) is 11.0. The van der Waals surface area contributed by atoms with E-state index in [1.165, 1.54) is 10.4 Å². The first kappa shape index (κ1) is 13.1. The maximum atomic E-state index is 5.23. The van der Waals surface area contributed by atoms with E-state index in [4.69, 9.17) is 4.74 Å². The van der Waals surface area contributed by atoms with E-state index in [-0.39, 0.29) is 0 Å². The molecule has 0 aliphatic carbocycles. The van der Waals surface area contributed by atoms with Gasteiger partial charge in [-0.3, -0.25) is 4.68 Å². The average Bonchev–Trinajstić information content (AvgIpc) is 3.04. The topological polar surface area (TPSA) is 39.1 Å². The Kier molecular flexibility index (Phi) is 4.38. The predicted octanol–water partition coefficient (Wildman–Crippen LogP) is 2.48. The van der Waals surface area contributed by atoms with Gasteiger partial charge in [-0.15, -0.1) is 11.3 Å². The predicted molar refractivity (Wildman–Crippen MR) is 74.3 cm³/mol. The third-order valence-corrected chi connectivity index (χ3v) is 4.00. The highest BCUT2D eigenvalue weighted by atomic mass is 32.1. The molecule has 0 bridgehead atoms. The lowest BCUT2D eigenvalue weighted by Gasteiger charge is -2.12. The van der Waals surface area contributed by atoms with E-state index >= 15 is 0 Å². The molecule has 0 aliphatic rings. The minimum atomic E-state index is 0.313. The maximum Gasteiger partial charge on any atom is 0.129 e. The minimum Gasteiger partial charge on any atom is -0.496 e. The molecule has 18 heavy (non-hydrogen) atoms. The molecule has 0 saturated heterocycles. The fraction of sp³-hybridized carbons (Fsp3) is 0.462. The van der Waals surface area contributed by atoms with Gasteiger partial charge in [-0.05, 0) is 32.0 Å². The van der Waals surface area contributed by atoms with Crippen molar-refractivity contribution >= 4 is 11.3 Å².